The molecule has 0 aliphatic carbocycles. The van der Waals surface area contributed by atoms with Crippen molar-refractivity contribution in [2.75, 3.05) is 7.11 Å². The molecule has 0 spiro atoms. The second-order valence-electron chi connectivity index (χ2n) is 7.05. The molecule has 0 unspecified atom stereocenters. The molecule has 1 heterocycles. The van der Waals surface area contributed by atoms with Crippen LogP contribution in [0.2, 0.25) is 0 Å². The number of ether oxygens (including phenoxy) is 1. The van der Waals surface area contributed by atoms with Crippen molar-refractivity contribution in [1.29, 1.82) is 0 Å². The van der Waals surface area contributed by atoms with Gasteiger partial charge in [0.25, 0.3) is 0 Å². The molecule has 26 heavy (non-hydrogen) atoms. The van der Waals surface area contributed by atoms with Crippen LogP contribution in [-0.2, 0) is 6.42 Å². The number of methoxy groups -OCH3 is 1. The highest BCUT2D eigenvalue weighted by atomic mass is 16.5. The monoisotopic (exact) mass is 364 g/mol. The fourth-order valence-electron chi connectivity index (χ4n) is 3.15. The molecule has 0 saturated carbocycles. The Morgan fingerprint density at radius 2 is 1.50 bits per heavy atom. The van der Waals surface area contributed by atoms with Crippen LogP contribution in [0.1, 0.15) is 107 Å². The van der Waals surface area contributed by atoms with Crippen molar-refractivity contribution in [3.8, 4) is 5.75 Å². The van der Waals surface area contributed by atoms with Crippen LogP contribution in [0, 0.1) is 0 Å². The van der Waals surface area contributed by atoms with E-state index in [2.05, 4.69) is 13.8 Å². The Morgan fingerprint density at radius 1 is 0.923 bits per heavy atom. The van der Waals surface area contributed by atoms with E-state index in [-0.39, 0.29) is 11.3 Å². The van der Waals surface area contributed by atoms with E-state index in [9.17, 15) is 9.59 Å². The van der Waals surface area contributed by atoms with Crippen LogP contribution >= 0.6 is 0 Å². The van der Waals surface area contributed by atoms with Crippen LogP contribution in [0.15, 0.2) is 15.3 Å². The number of hydrogen-bond donors (Lipinski definition) is 0. The summed E-state index contributed by atoms with van der Waals surface area (Å²) < 4.78 is 10.7. The Morgan fingerprint density at radius 3 is 2.12 bits per heavy atom. The zero-order chi connectivity index (χ0) is 19.2. The molecule has 0 fully saturated rings. The number of carbonyl (C=O) groups excluding carboxylic acids is 1. The van der Waals surface area contributed by atoms with Crippen molar-refractivity contribution >= 4 is 5.78 Å². The molecule has 148 valence electrons. The molecule has 4 heteroatoms. The molecule has 0 radical (unpaired) electrons. The lowest BCUT2D eigenvalue weighted by Gasteiger charge is -2.08. The average Bonchev–Trinajstić information content (AvgIpc) is 2.63. The molecule has 0 atom stereocenters. The summed E-state index contributed by atoms with van der Waals surface area (Å²) in [7, 11) is 1.50. The first-order valence-electron chi connectivity index (χ1n) is 10.4. The zero-order valence-corrected chi connectivity index (χ0v) is 16.9. The number of ketones is 1. The normalized spacial score (nSPS) is 10.9. The van der Waals surface area contributed by atoms with Gasteiger partial charge in [-0.3, -0.25) is 4.79 Å². The number of carbonyl (C=O) groups is 1. The van der Waals surface area contributed by atoms with Crippen molar-refractivity contribution in [3.63, 3.8) is 0 Å². The van der Waals surface area contributed by atoms with E-state index >= 15 is 0 Å². The van der Waals surface area contributed by atoms with Gasteiger partial charge in [-0.15, -0.1) is 0 Å². The number of Topliss-reactive ketones (excluding diaryl/α,β-unsaturated/α-hetero) is 1. The first-order chi connectivity index (χ1) is 12.6. The Labute approximate surface area is 158 Å². The SMILES string of the molecule is CCCCCCCCCC(=O)c1c(OC)cc(CCCCCC)oc1=O. The van der Waals surface area contributed by atoms with Crippen LogP contribution in [-0.4, -0.2) is 12.9 Å². The standard InChI is InChI=1S/C22H36O4/c1-4-6-8-10-11-12-14-16-19(23)21-20(25-3)17-18(26-22(21)24)15-13-9-7-5-2/h17H,4-16H2,1-3H3. The number of rotatable bonds is 15. The van der Waals surface area contributed by atoms with Gasteiger partial charge in [0.05, 0.1) is 7.11 Å². The smallest absolute Gasteiger partial charge is 0.350 e. The van der Waals surface area contributed by atoms with Crippen LogP contribution in [0.4, 0.5) is 0 Å². The average molecular weight is 365 g/mol. The molecular formula is C22H36O4. The molecule has 0 aliphatic heterocycles. The highest BCUT2D eigenvalue weighted by Crippen LogP contribution is 2.21. The third-order valence-corrected chi connectivity index (χ3v) is 4.75. The van der Waals surface area contributed by atoms with Crippen LogP contribution < -0.4 is 10.4 Å². The summed E-state index contributed by atoms with van der Waals surface area (Å²) in [5, 5.41) is 0. The van der Waals surface area contributed by atoms with E-state index in [1.165, 1.54) is 45.6 Å². The number of aryl methyl sites for hydroxylation is 1. The van der Waals surface area contributed by atoms with Gasteiger partial charge in [0.15, 0.2) is 5.78 Å². The minimum absolute atomic E-state index is 0.0794. The molecule has 1 aromatic heterocycles. The first-order valence-corrected chi connectivity index (χ1v) is 10.4. The predicted octanol–water partition coefficient (Wildman–Crippen LogP) is 6.09. The third-order valence-electron chi connectivity index (χ3n) is 4.75. The Kier molecular flexibility index (Phi) is 11.7. The summed E-state index contributed by atoms with van der Waals surface area (Å²) in [6.45, 7) is 4.36. The largest absolute Gasteiger partial charge is 0.496 e. The van der Waals surface area contributed by atoms with Gasteiger partial charge < -0.3 is 9.15 Å². The Bertz CT molecular complexity index is 574. The molecule has 4 nitrogen and oxygen atoms in total. The minimum atomic E-state index is -0.553. The highest BCUT2D eigenvalue weighted by molar-refractivity contribution is 5.98. The van der Waals surface area contributed by atoms with Gasteiger partial charge in [0.2, 0.25) is 0 Å². The molecular weight excluding hydrogens is 328 g/mol. The van der Waals surface area contributed by atoms with Gasteiger partial charge in [0, 0.05) is 18.9 Å². The van der Waals surface area contributed by atoms with Crippen molar-refractivity contribution in [2.24, 2.45) is 0 Å². The number of unbranched alkanes of at least 4 members (excludes halogenated alkanes) is 9. The fourth-order valence-corrected chi connectivity index (χ4v) is 3.15. The molecule has 0 aromatic carbocycles. The van der Waals surface area contributed by atoms with Crippen LogP contribution in [0.5, 0.6) is 5.75 Å². The molecule has 0 saturated heterocycles. The Hall–Kier alpha value is -1.58. The molecule has 0 amide bonds. The van der Waals surface area contributed by atoms with Gasteiger partial charge in [-0.1, -0.05) is 71.6 Å². The van der Waals surface area contributed by atoms with E-state index in [0.717, 1.165) is 32.1 Å². The second kappa shape index (κ2) is 13.6. The van der Waals surface area contributed by atoms with Gasteiger partial charge in [0.1, 0.15) is 17.1 Å². The van der Waals surface area contributed by atoms with E-state index in [0.29, 0.717) is 24.4 Å². The first kappa shape index (κ1) is 22.5. The Balaban J connectivity index is 2.56. The molecule has 1 rings (SSSR count). The summed E-state index contributed by atoms with van der Waals surface area (Å²) in [5.74, 6) is 0.803. The van der Waals surface area contributed by atoms with Crippen molar-refractivity contribution in [1.82, 2.24) is 0 Å². The lowest BCUT2D eigenvalue weighted by atomic mass is 10.0. The van der Waals surface area contributed by atoms with E-state index < -0.39 is 5.63 Å². The third kappa shape index (κ3) is 8.20. The minimum Gasteiger partial charge on any atom is -0.496 e. The van der Waals surface area contributed by atoms with Crippen molar-refractivity contribution in [2.45, 2.75) is 97.3 Å². The maximum absolute atomic E-state index is 12.5. The highest BCUT2D eigenvalue weighted by Gasteiger charge is 2.19. The van der Waals surface area contributed by atoms with E-state index in [1.807, 2.05) is 0 Å². The van der Waals surface area contributed by atoms with Crippen LogP contribution in [0.25, 0.3) is 0 Å². The van der Waals surface area contributed by atoms with Gasteiger partial charge >= 0.3 is 5.63 Å². The van der Waals surface area contributed by atoms with Crippen molar-refractivity contribution in [3.05, 3.63) is 27.8 Å². The van der Waals surface area contributed by atoms with E-state index in [1.54, 1.807) is 6.07 Å². The van der Waals surface area contributed by atoms with Crippen molar-refractivity contribution < 1.29 is 13.9 Å². The lowest BCUT2D eigenvalue weighted by Crippen LogP contribution is -2.17. The molecule has 0 N–H and O–H groups in total. The second-order valence-corrected chi connectivity index (χ2v) is 7.05. The summed E-state index contributed by atoms with van der Waals surface area (Å²) in [6, 6.07) is 1.71. The zero-order valence-electron chi connectivity index (χ0n) is 16.9. The lowest BCUT2D eigenvalue weighted by molar-refractivity contribution is 0.0971. The summed E-state index contributed by atoms with van der Waals surface area (Å²) in [4.78, 5) is 24.7. The molecule has 0 aliphatic rings. The van der Waals surface area contributed by atoms with Gasteiger partial charge in [-0.05, 0) is 12.8 Å². The van der Waals surface area contributed by atoms with E-state index in [4.69, 9.17) is 9.15 Å². The fraction of sp³-hybridized carbons (Fsp3) is 0.727. The van der Waals surface area contributed by atoms with Gasteiger partial charge in [-0.25, -0.2) is 4.79 Å². The molecule has 0 bridgehead atoms. The maximum Gasteiger partial charge on any atom is 0.350 e. The maximum atomic E-state index is 12.5. The number of hydrogen-bond acceptors (Lipinski definition) is 4. The quantitative estimate of drug-likeness (QED) is 0.279. The predicted molar refractivity (Wildman–Crippen MR) is 106 cm³/mol. The summed E-state index contributed by atoms with van der Waals surface area (Å²) in [5.41, 5.74) is -0.474. The molecule has 1 aromatic rings. The topological polar surface area (TPSA) is 56.5 Å². The van der Waals surface area contributed by atoms with Crippen LogP contribution in [0.3, 0.4) is 0 Å². The van der Waals surface area contributed by atoms with Gasteiger partial charge in [-0.2, -0.15) is 0 Å². The summed E-state index contributed by atoms with van der Waals surface area (Å²) in [6.07, 6.45) is 13.5. The summed E-state index contributed by atoms with van der Waals surface area (Å²) >= 11 is 0.